The molecule has 0 spiro atoms. The van der Waals surface area contributed by atoms with Crippen LogP contribution in [0.3, 0.4) is 0 Å². The Balaban J connectivity index is 2.34. The minimum absolute atomic E-state index is 0.129. The molecule has 0 saturated carbocycles. The Morgan fingerprint density at radius 1 is 1.05 bits per heavy atom. The zero-order valence-corrected chi connectivity index (χ0v) is 12.0. The Morgan fingerprint density at radius 2 is 1.68 bits per heavy atom. The molecular formula is C17H14FN3O. The topological polar surface area (TPSA) is 47.8 Å². The van der Waals surface area contributed by atoms with Gasteiger partial charge in [0.25, 0.3) is 0 Å². The van der Waals surface area contributed by atoms with Crippen molar-refractivity contribution in [2.45, 2.75) is 12.5 Å². The van der Waals surface area contributed by atoms with Gasteiger partial charge >= 0.3 is 0 Å². The molecule has 3 rings (SSSR count). The van der Waals surface area contributed by atoms with E-state index < -0.39 is 5.54 Å². The monoisotopic (exact) mass is 295 g/mol. The third-order valence-electron chi connectivity index (χ3n) is 3.73. The molecule has 0 aliphatic carbocycles. The summed E-state index contributed by atoms with van der Waals surface area (Å²) in [5, 5.41) is 4.18. The van der Waals surface area contributed by atoms with Crippen LogP contribution in [0.1, 0.15) is 18.1 Å². The summed E-state index contributed by atoms with van der Waals surface area (Å²) in [5.41, 5.74) is 0.226. The van der Waals surface area contributed by atoms with E-state index >= 15 is 0 Å². The second-order valence-corrected chi connectivity index (χ2v) is 4.98. The maximum absolute atomic E-state index is 13.3. The maximum atomic E-state index is 13.3. The van der Waals surface area contributed by atoms with Crippen molar-refractivity contribution in [2.75, 3.05) is 0 Å². The Hall–Kier alpha value is -2.82. The number of halogens is 1. The molecule has 0 radical (unpaired) electrons. The molecule has 2 aromatic carbocycles. The van der Waals surface area contributed by atoms with Gasteiger partial charge in [-0.2, -0.15) is 5.10 Å². The summed E-state index contributed by atoms with van der Waals surface area (Å²) in [6, 6.07) is 15.2. The van der Waals surface area contributed by atoms with Crippen LogP contribution in [0.5, 0.6) is 0 Å². The normalized spacial score (nSPS) is 13.5. The number of carbonyl (C=O) groups excluding carboxylic acids is 1. The van der Waals surface area contributed by atoms with Crippen molar-refractivity contribution in [3.63, 3.8) is 0 Å². The highest BCUT2D eigenvalue weighted by molar-refractivity contribution is 5.91. The first-order chi connectivity index (χ1) is 10.7. The predicted octanol–water partition coefficient (Wildman–Crippen LogP) is 2.80. The molecule has 3 aromatic rings. The summed E-state index contributed by atoms with van der Waals surface area (Å²) in [5.74, 6) is -0.483. The van der Waals surface area contributed by atoms with Gasteiger partial charge in [-0.3, -0.25) is 4.79 Å². The zero-order chi connectivity index (χ0) is 15.6. The number of aromatic nitrogens is 3. The van der Waals surface area contributed by atoms with Gasteiger partial charge in [0.2, 0.25) is 0 Å². The number of nitrogens with zero attached hydrogens (tertiary/aromatic N) is 3. The number of benzene rings is 2. The van der Waals surface area contributed by atoms with Gasteiger partial charge < -0.3 is 0 Å². The smallest absolute Gasteiger partial charge is 0.172 e. The van der Waals surface area contributed by atoms with Gasteiger partial charge in [-0.25, -0.2) is 14.1 Å². The van der Waals surface area contributed by atoms with E-state index in [0.717, 1.165) is 5.56 Å². The van der Waals surface area contributed by atoms with Crippen LogP contribution in [0.15, 0.2) is 67.3 Å². The number of rotatable bonds is 4. The van der Waals surface area contributed by atoms with E-state index in [4.69, 9.17) is 0 Å². The van der Waals surface area contributed by atoms with Gasteiger partial charge in [0.1, 0.15) is 18.5 Å². The number of ketones is 1. The zero-order valence-electron chi connectivity index (χ0n) is 12.0. The number of hydrogen-bond acceptors (Lipinski definition) is 3. The quantitative estimate of drug-likeness (QED) is 0.743. The molecule has 1 heterocycles. The minimum Gasteiger partial charge on any atom is -0.296 e. The summed E-state index contributed by atoms with van der Waals surface area (Å²) in [7, 11) is 0. The molecule has 0 aliphatic rings. The Labute approximate surface area is 127 Å². The second-order valence-electron chi connectivity index (χ2n) is 4.98. The summed E-state index contributed by atoms with van der Waals surface area (Å²) >= 11 is 0. The van der Waals surface area contributed by atoms with Gasteiger partial charge in [0.05, 0.1) is 0 Å². The highest BCUT2D eigenvalue weighted by atomic mass is 19.1. The summed E-state index contributed by atoms with van der Waals surface area (Å²) in [4.78, 5) is 16.6. The molecule has 4 nitrogen and oxygen atoms in total. The first-order valence-electron chi connectivity index (χ1n) is 6.83. The third-order valence-corrected chi connectivity index (χ3v) is 3.73. The molecule has 1 unspecified atom stereocenters. The van der Waals surface area contributed by atoms with Crippen molar-refractivity contribution in [3.8, 4) is 0 Å². The van der Waals surface area contributed by atoms with E-state index in [1.165, 1.54) is 36.4 Å². The van der Waals surface area contributed by atoms with Gasteiger partial charge in [-0.1, -0.05) is 42.5 Å². The van der Waals surface area contributed by atoms with Crippen LogP contribution in [0.25, 0.3) is 0 Å². The summed E-state index contributed by atoms with van der Waals surface area (Å²) in [6.07, 6.45) is 2.88. The second kappa shape index (κ2) is 5.52. The van der Waals surface area contributed by atoms with Crippen LogP contribution in [0.4, 0.5) is 4.39 Å². The maximum Gasteiger partial charge on any atom is 0.172 e. The average Bonchev–Trinajstić information content (AvgIpc) is 3.05. The van der Waals surface area contributed by atoms with Crippen LogP contribution >= 0.6 is 0 Å². The average molecular weight is 295 g/mol. The molecule has 1 aromatic heterocycles. The minimum atomic E-state index is -1.16. The van der Waals surface area contributed by atoms with E-state index in [-0.39, 0.29) is 11.6 Å². The van der Waals surface area contributed by atoms with Gasteiger partial charge in [0.15, 0.2) is 11.3 Å². The van der Waals surface area contributed by atoms with E-state index in [9.17, 15) is 9.18 Å². The first-order valence-corrected chi connectivity index (χ1v) is 6.83. The van der Waals surface area contributed by atoms with Crippen molar-refractivity contribution in [3.05, 3.63) is 84.2 Å². The lowest BCUT2D eigenvalue weighted by Crippen LogP contribution is -2.43. The fourth-order valence-corrected chi connectivity index (χ4v) is 2.75. The standard InChI is InChI=1S/C17H14FN3O/c1-13(22)17(21-12-19-11-20-21,14-5-3-2-4-6-14)15-7-9-16(18)10-8-15/h2-12H,1H3. The van der Waals surface area contributed by atoms with E-state index in [1.807, 2.05) is 30.3 Å². The van der Waals surface area contributed by atoms with E-state index in [1.54, 1.807) is 12.1 Å². The fourth-order valence-electron chi connectivity index (χ4n) is 2.75. The van der Waals surface area contributed by atoms with E-state index in [0.29, 0.717) is 5.56 Å². The molecule has 5 heteroatoms. The Kier molecular flexibility index (Phi) is 3.55. The lowest BCUT2D eigenvalue weighted by Gasteiger charge is -2.32. The van der Waals surface area contributed by atoms with E-state index in [2.05, 4.69) is 10.1 Å². The van der Waals surface area contributed by atoms with Crippen LogP contribution in [0.2, 0.25) is 0 Å². The van der Waals surface area contributed by atoms with Crippen molar-refractivity contribution in [1.82, 2.24) is 14.8 Å². The lowest BCUT2D eigenvalue weighted by molar-refractivity contribution is -0.122. The van der Waals surface area contributed by atoms with Crippen LogP contribution in [-0.2, 0) is 10.3 Å². The molecule has 0 aliphatic heterocycles. The molecule has 22 heavy (non-hydrogen) atoms. The molecule has 0 N–H and O–H groups in total. The summed E-state index contributed by atoms with van der Waals surface area (Å²) < 4.78 is 14.8. The number of carbonyl (C=O) groups is 1. The first kappa shape index (κ1) is 14.1. The number of Topliss-reactive ketones (excluding diaryl/α,β-unsaturated/α-hetero) is 1. The van der Waals surface area contributed by atoms with Crippen LogP contribution in [0, 0.1) is 5.82 Å². The molecular weight excluding hydrogens is 281 g/mol. The van der Waals surface area contributed by atoms with Crippen molar-refractivity contribution in [2.24, 2.45) is 0 Å². The molecule has 0 fully saturated rings. The molecule has 0 amide bonds. The SMILES string of the molecule is CC(=O)C(c1ccccc1)(c1ccc(F)cc1)n1cncn1. The van der Waals surface area contributed by atoms with Gasteiger partial charge in [0, 0.05) is 0 Å². The van der Waals surface area contributed by atoms with Gasteiger partial charge in [-0.05, 0) is 30.2 Å². The van der Waals surface area contributed by atoms with Crippen LogP contribution < -0.4 is 0 Å². The third kappa shape index (κ3) is 2.11. The summed E-state index contributed by atoms with van der Waals surface area (Å²) in [6.45, 7) is 1.50. The molecule has 1 atom stereocenters. The van der Waals surface area contributed by atoms with Gasteiger partial charge in [-0.15, -0.1) is 0 Å². The number of hydrogen-bond donors (Lipinski definition) is 0. The molecule has 0 saturated heterocycles. The highest BCUT2D eigenvalue weighted by Crippen LogP contribution is 2.34. The van der Waals surface area contributed by atoms with Crippen molar-refractivity contribution >= 4 is 5.78 Å². The fraction of sp³-hybridized carbons (Fsp3) is 0.118. The Morgan fingerprint density at radius 3 is 2.23 bits per heavy atom. The molecule has 0 bridgehead atoms. The largest absolute Gasteiger partial charge is 0.296 e. The molecule has 110 valence electrons. The van der Waals surface area contributed by atoms with Crippen molar-refractivity contribution < 1.29 is 9.18 Å². The lowest BCUT2D eigenvalue weighted by atomic mass is 9.80. The predicted molar refractivity (Wildman–Crippen MR) is 79.7 cm³/mol. The van der Waals surface area contributed by atoms with Crippen LogP contribution in [-0.4, -0.2) is 20.5 Å². The van der Waals surface area contributed by atoms with Crippen molar-refractivity contribution in [1.29, 1.82) is 0 Å². The Bertz CT molecular complexity index is 769. The highest BCUT2D eigenvalue weighted by Gasteiger charge is 2.42.